The first-order valence-corrected chi connectivity index (χ1v) is 16.9. The van der Waals surface area contributed by atoms with E-state index in [1.807, 2.05) is 48.5 Å². The lowest BCUT2D eigenvalue weighted by Crippen LogP contribution is -2.46. The molecule has 0 aliphatic carbocycles. The fourth-order valence-corrected chi connectivity index (χ4v) is 6.93. The van der Waals surface area contributed by atoms with Crippen molar-refractivity contribution in [2.75, 3.05) is 23.9 Å². The van der Waals surface area contributed by atoms with Crippen LogP contribution in [0.3, 0.4) is 0 Å². The van der Waals surface area contributed by atoms with Gasteiger partial charge in [0.1, 0.15) is 5.75 Å². The summed E-state index contributed by atoms with van der Waals surface area (Å²) in [5, 5.41) is 25.0. The number of hydrogen-bond acceptors (Lipinski definition) is 6. The average molecular weight is 725 g/mol. The van der Waals surface area contributed by atoms with Crippen molar-refractivity contribution in [2.24, 2.45) is 5.92 Å². The molecule has 0 spiro atoms. The highest BCUT2D eigenvalue weighted by molar-refractivity contribution is 9.10. The van der Waals surface area contributed by atoms with E-state index in [4.69, 9.17) is 4.74 Å². The molecule has 0 unspecified atom stereocenters. The molecular weight excluding hydrogens is 686 g/mol. The highest BCUT2D eigenvalue weighted by atomic mass is 79.9. The maximum atomic E-state index is 14.1. The Morgan fingerprint density at radius 1 is 1.04 bits per heavy atom. The fraction of sp³-hybridized carbons (Fsp3) is 0.256. The number of halogens is 1. The molecule has 3 amide bonds. The van der Waals surface area contributed by atoms with E-state index < -0.39 is 17.4 Å². The summed E-state index contributed by atoms with van der Waals surface area (Å²) in [6, 6.07) is 27.1. The van der Waals surface area contributed by atoms with E-state index in [9.17, 15) is 24.6 Å². The van der Waals surface area contributed by atoms with Crippen molar-refractivity contribution in [3.8, 4) is 5.75 Å². The second-order valence-corrected chi connectivity index (χ2v) is 13.4. The number of aliphatic hydroxyl groups is 2. The molecule has 0 bridgehead atoms. The van der Waals surface area contributed by atoms with Gasteiger partial charge >= 0.3 is 0 Å². The number of amides is 3. The number of aliphatic hydroxyl groups excluding tert-OH is 1. The largest absolute Gasteiger partial charge is 0.497 e. The van der Waals surface area contributed by atoms with E-state index in [0.717, 1.165) is 21.2 Å². The van der Waals surface area contributed by atoms with Crippen molar-refractivity contribution in [1.82, 2.24) is 4.90 Å². The predicted molar refractivity (Wildman–Crippen MR) is 191 cm³/mol. The van der Waals surface area contributed by atoms with Crippen LogP contribution in [0.5, 0.6) is 5.75 Å². The Balaban J connectivity index is 1.14. The Morgan fingerprint density at radius 2 is 1.76 bits per heavy atom. The van der Waals surface area contributed by atoms with Gasteiger partial charge in [-0.1, -0.05) is 71.4 Å². The molecule has 0 saturated carbocycles. The molecule has 4 aromatic rings. The van der Waals surface area contributed by atoms with E-state index in [-0.39, 0.29) is 37.4 Å². The summed E-state index contributed by atoms with van der Waals surface area (Å²) in [6.07, 6.45) is 4.08. The minimum absolute atomic E-state index is 0.0731. The third-order valence-electron chi connectivity index (χ3n) is 9.40. The monoisotopic (exact) mass is 723 g/mol. The Bertz CT molecular complexity index is 1890. The van der Waals surface area contributed by atoms with Gasteiger partial charge in [-0.15, -0.1) is 0 Å². The molecule has 9 nitrogen and oxygen atoms in total. The molecule has 49 heavy (non-hydrogen) atoms. The Kier molecular flexibility index (Phi) is 10.0. The molecular formula is C39H38BrN3O6. The van der Waals surface area contributed by atoms with Gasteiger partial charge in [0.2, 0.25) is 5.91 Å². The summed E-state index contributed by atoms with van der Waals surface area (Å²) < 4.78 is 5.88. The van der Waals surface area contributed by atoms with Crippen LogP contribution in [-0.4, -0.2) is 52.6 Å². The van der Waals surface area contributed by atoms with Gasteiger partial charge < -0.3 is 30.1 Å². The summed E-state index contributed by atoms with van der Waals surface area (Å²) >= 11 is 3.49. The first kappa shape index (κ1) is 34.1. The van der Waals surface area contributed by atoms with Gasteiger partial charge in [0.15, 0.2) is 5.60 Å². The zero-order valence-electron chi connectivity index (χ0n) is 27.3. The number of nitrogens with zero attached hydrogens (tertiary/aromatic N) is 2. The van der Waals surface area contributed by atoms with E-state index in [1.54, 1.807) is 78.4 Å². The third-order valence-corrected chi connectivity index (χ3v) is 9.89. The third kappa shape index (κ3) is 6.90. The van der Waals surface area contributed by atoms with Crippen LogP contribution in [0.15, 0.2) is 108 Å². The molecule has 0 radical (unpaired) electrons. The number of anilines is 2. The van der Waals surface area contributed by atoms with Crippen molar-refractivity contribution in [3.05, 3.63) is 135 Å². The average Bonchev–Trinajstić information content (AvgIpc) is 3.33. The SMILES string of the molecule is COc1ccc(C(=O)Nc2ccc(CN3C(=O)[C@](O)([C@H](C)/C=C/CC(=O)N4Cc5ccccc5C[C@H]4CO)c4cc(Br)ccc43)cc2)cc1. The molecule has 2 aliphatic heterocycles. The summed E-state index contributed by atoms with van der Waals surface area (Å²) in [5.74, 6) is -0.843. The van der Waals surface area contributed by atoms with E-state index in [2.05, 4.69) is 21.2 Å². The zero-order valence-corrected chi connectivity index (χ0v) is 28.9. The van der Waals surface area contributed by atoms with Crippen molar-refractivity contribution in [2.45, 2.75) is 44.5 Å². The number of carbonyl (C=O) groups is 3. The number of fused-ring (bicyclic) bond motifs is 2. The summed E-state index contributed by atoms with van der Waals surface area (Å²) in [4.78, 5) is 43.3. The smallest absolute Gasteiger partial charge is 0.264 e. The molecule has 0 aromatic heterocycles. The zero-order chi connectivity index (χ0) is 34.7. The van der Waals surface area contributed by atoms with Crippen LogP contribution in [-0.2, 0) is 34.7 Å². The second kappa shape index (κ2) is 14.4. The predicted octanol–water partition coefficient (Wildman–Crippen LogP) is 5.97. The minimum atomic E-state index is -1.86. The molecule has 3 atom stereocenters. The van der Waals surface area contributed by atoms with Gasteiger partial charge in [0.25, 0.3) is 11.8 Å². The molecule has 0 fully saturated rings. The molecule has 252 valence electrons. The summed E-state index contributed by atoms with van der Waals surface area (Å²) in [7, 11) is 1.57. The maximum absolute atomic E-state index is 14.1. The lowest BCUT2D eigenvalue weighted by molar-refractivity contribution is -0.139. The first-order chi connectivity index (χ1) is 23.6. The number of methoxy groups -OCH3 is 1. The van der Waals surface area contributed by atoms with Crippen LogP contribution in [0, 0.1) is 5.92 Å². The maximum Gasteiger partial charge on any atom is 0.264 e. The molecule has 6 rings (SSSR count). The summed E-state index contributed by atoms with van der Waals surface area (Å²) in [5.41, 5.74) is 3.33. The highest BCUT2D eigenvalue weighted by Crippen LogP contribution is 2.46. The Labute approximate surface area is 293 Å². The molecule has 2 heterocycles. The molecule has 3 N–H and O–H groups in total. The van der Waals surface area contributed by atoms with Crippen LogP contribution in [0.4, 0.5) is 11.4 Å². The van der Waals surface area contributed by atoms with E-state index in [0.29, 0.717) is 41.2 Å². The van der Waals surface area contributed by atoms with Crippen LogP contribution < -0.4 is 15.0 Å². The second-order valence-electron chi connectivity index (χ2n) is 12.5. The van der Waals surface area contributed by atoms with Crippen molar-refractivity contribution >= 4 is 45.0 Å². The lowest BCUT2D eigenvalue weighted by Gasteiger charge is -2.36. The van der Waals surface area contributed by atoms with Gasteiger partial charge in [-0.3, -0.25) is 14.4 Å². The quantitative estimate of drug-likeness (QED) is 0.174. The number of nitrogens with one attached hydrogen (secondary N) is 1. The minimum Gasteiger partial charge on any atom is -0.497 e. The standard InChI is InChI=1S/C39H38BrN3O6/c1-25(6-5-9-36(45)42-23-29-8-4-3-7-28(29)20-32(42)24-44)39(48)34-21-30(40)14-19-35(34)43(38(39)47)22-26-10-15-31(16-11-26)41-37(46)27-12-17-33(49-2)18-13-27/h3-8,10-19,21,25,32,44,48H,9,20,22-24H2,1-2H3,(H,41,46)/b6-5+/t25-,32+,39+/m1/s1. The van der Waals surface area contributed by atoms with Gasteiger partial charge in [0.05, 0.1) is 32.0 Å². The van der Waals surface area contributed by atoms with Crippen molar-refractivity contribution in [3.63, 3.8) is 0 Å². The molecule has 4 aromatic carbocycles. The van der Waals surface area contributed by atoms with Gasteiger partial charge in [-0.25, -0.2) is 0 Å². The van der Waals surface area contributed by atoms with Crippen LogP contribution in [0.2, 0.25) is 0 Å². The first-order valence-electron chi connectivity index (χ1n) is 16.1. The topological polar surface area (TPSA) is 119 Å². The Hall–Kier alpha value is -4.77. The van der Waals surface area contributed by atoms with Crippen LogP contribution in [0.1, 0.15) is 46.0 Å². The van der Waals surface area contributed by atoms with Crippen LogP contribution in [0.25, 0.3) is 0 Å². The number of rotatable bonds is 10. The number of ether oxygens (including phenoxy) is 1. The van der Waals surface area contributed by atoms with Crippen molar-refractivity contribution in [1.29, 1.82) is 0 Å². The molecule has 0 saturated heterocycles. The molecule has 10 heteroatoms. The van der Waals surface area contributed by atoms with Gasteiger partial charge in [-0.2, -0.15) is 0 Å². The van der Waals surface area contributed by atoms with Gasteiger partial charge in [0, 0.05) is 40.2 Å². The normalized spacial score (nSPS) is 19.0. The molecule has 2 aliphatic rings. The highest BCUT2D eigenvalue weighted by Gasteiger charge is 2.52. The summed E-state index contributed by atoms with van der Waals surface area (Å²) in [6.45, 7) is 2.27. The van der Waals surface area contributed by atoms with Crippen molar-refractivity contribution < 1.29 is 29.3 Å². The fourth-order valence-electron chi connectivity index (χ4n) is 6.57. The number of benzene rings is 4. The number of carbonyl (C=O) groups excluding carboxylic acids is 3. The number of hydrogen-bond donors (Lipinski definition) is 3. The van der Waals surface area contributed by atoms with Gasteiger partial charge in [-0.05, 0) is 77.7 Å². The lowest BCUT2D eigenvalue weighted by atomic mass is 9.83. The van der Waals surface area contributed by atoms with Crippen LogP contribution >= 0.6 is 15.9 Å². The van der Waals surface area contributed by atoms with E-state index in [1.165, 1.54) is 0 Å². The van der Waals surface area contributed by atoms with E-state index >= 15 is 0 Å². The Morgan fingerprint density at radius 3 is 2.45 bits per heavy atom.